The van der Waals surface area contributed by atoms with Crippen LogP contribution in [0, 0.1) is 0 Å². The van der Waals surface area contributed by atoms with Crippen LogP contribution in [0.25, 0.3) is 0 Å². The number of hydrogen-bond acceptors (Lipinski definition) is 5. The zero-order chi connectivity index (χ0) is 69.8. The summed E-state index contributed by atoms with van der Waals surface area (Å²) < 4.78 is 5.52. The molecule has 0 fully saturated rings. The summed E-state index contributed by atoms with van der Waals surface area (Å²) in [6, 6.07) is -0.626. The summed E-state index contributed by atoms with van der Waals surface area (Å²) in [6.45, 7) is 4.96. The summed E-state index contributed by atoms with van der Waals surface area (Å²) in [4.78, 5) is 24.7. The van der Waals surface area contributed by atoms with Gasteiger partial charge in [0, 0.05) is 12.8 Å². The summed E-state index contributed by atoms with van der Waals surface area (Å²) in [6.07, 6.45) is 115. The van der Waals surface area contributed by atoms with Crippen LogP contribution in [0.2, 0.25) is 0 Å². The van der Waals surface area contributed by atoms with Gasteiger partial charge in [-0.3, -0.25) is 9.59 Å². The molecule has 0 rings (SSSR count). The molecule has 2 atom stereocenters. The molecule has 0 saturated heterocycles. The van der Waals surface area contributed by atoms with Gasteiger partial charge in [-0.1, -0.05) is 448 Å². The lowest BCUT2D eigenvalue weighted by atomic mass is 10.0. The fourth-order valence-electron chi connectivity index (χ4n) is 14.3. The Labute approximate surface area is 608 Å². The third-order valence-corrected chi connectivity index (χ3v) is 21.1. The Balaban J connectivity index is 3.34. The van der Waals surface area contributed by atoms with Crippen LogP contribution in [0.1, 0.15) is 508 Å². The van der Waals surface area contributed by atoms with Crippen molar-refractivity contribution in [2.24, 2.45) is 0 Å². The van der Waals surface area contributed by atoms with Crippen LogP contribution < -0.4 is 5.32 Å². The highest BCUT2D eigenvalue weighted by atomic mass is 16.5. The Hall–Kier alpha value is -1.92. The predicted molar refractivity (Wildman–Crippen MR) is 430 cm³/mol. The molecule has 0 radical (unpaired) electrons. The molecule has 6 heteroatoms. The highest BCUT2D eigenvalue weighted by molar-refractivity contribution is 5.76. The van der Waals surface area contributed by atoms with Gasteiger partial charge in [0.1, 0.15) is 0 Å². The van der Waals surface area contributed by atoms with E-state index in [1.54, 1.807) is 6.08 Å². The molecule has 0 heterocycles. The highest BCUT2D eigenvalue weighted by Crippen LogP contribution is 2.21. The molecule has 0 aliphatic carbocycles. The molecule has 0 bridgehead atoms. The Morgan fingerprint density at radius 3 is 0.732 bits per heavy atom. The van der Waals surface area contributed by atoms with Gasteiger partial charge in [0.25, 0.3) is 0 Å². The molecule has 0 saturated carbocycles. The van der Waals surface area contributed by atoms with E-state index < -0.39 is 12.1 Å². The van der Waals surface area contributed by atoms with Crippen molar-refractivity contribution in [1.82, 2.24) is 5.32 Å². The van der Waals surface area contributed by atoms with Crippen molar-refractivity contribution in [3.05, 3.63) is 36.5 Å². The van der Waals surface area contributed by atoms with Gasteiger partial charge in [0.15, 0.2) is 0 Å². The first-order valence-electron chi connectivity index (χ1n) is 44.8. The number of aliphatic hydroxyl groups is 2. The van der Waals surface area contributed by atoms with Gasteiger partial charge in [0.05, 0.1) is 25.4 Å². The standard InChI is InChI=1S/C91H175NO5/c1-3-5-7-9-11-13-15-17-19-21-23-24-44-48-51-55-59-63-67-71-75-79-83-89(94)88(87-93)92-90(95)84-80-76-72-68-64-60-56-52-49-45-42-40-38-36-34-32-30-28-26-25-27-29-31-33-35-37-39-41-43-46-50-54-58-62-66-70-74-78-82-86-97-91(96)85-81-77-73-69-65-61-57-53-47-22-20-18-16-14-12-10-8-6-4-2/h18,20,25-26,79,83,88-89,93-94H,3-17,19,21-24,27-78,80-82,84-87H2,1-2H3,(H,92,95)/b20-18-,26-25-,83-79+. The summed E-state index contributed by atoms with van der Waals surface area (Å²) in [5.41, 5.74) is 0. The molecule has 0 aromatic carbocycles. The summed E-state index contributed by atoms with van der Waals surface area (Å²) in [5, 5.41) is 23.3. The lowest BCUT2D eigenvalue weighted by Gasteiger charge is -2.20. The molecule has 0 aliphatic rings. The number of esters is 1. The molecule has 97 heavy (non-hydrogen) atoms. The summed E-state index contributed by atoms with van der Waals surface area (Å²) in [5.74, 6) is -0.0354. The average molecular weight is 1360 g/mol. The van der Waals surface area contributed by atoms with Crippen molar-refractivity contribution >= 4 is 11.9 Å². The van der Waals surface area contributed by atoms with E-state index in [4.69, 9.17) is 4.74 Å². The molecule has 0 aliphatic heterocycles. The number of carbonyl (C=O) groups excluding carboxylic acids is 2. The second-order valence-corrected chi connectivity index (χ2v) is 30.9. The number of carbonyl (C=O) groups is 2. The Morgan fingerprint density at radius 2 is 0.485 bits per heavy atom. The Morgan fingerprint density at radius 1 is 0.278 bits per heavy atom. The number of unbranched alkanes of at least 4 members (excludes halogenated alkanes) is 70. The second-order valence-electron chi connectivity index (χ2n) is 30.9. The van der Waals surface area contributed by atoms with E-state index in [1.807, 2.05) is 6.08 Å². The number of aliphatic hydroxyl groups excluding tert-OH is 2. The second kappa shape index (κ2) is 86.5. The lowest BCUT2D eigenvalue weighted by Crippen LogP contribution is -2.45. The minimum atomic E-state index is -0.843. The lowest BCUT2D eigenvalue weighted by molar-refractivity contribution is -0.143. The zero-order valence-electron chi connectivity index (χ0n) is 66.1. The van der Waals surface area contributed by atoms with Gasteiger partial charge in [-0.15, -0.1) is 0 Å². The monoisotopic (exact) mass is 1360 g/mol. The third kappa shape index (κ3) is 82.9. The predicted octanol–water partition coefficient (Wildman–Crippen LogP) is 30.1. The number of allylic oxidation sites excluding steroid dienone is 5. The van der Waals surface area contributed by atoms with Gasteiger partial charge < -0.3 is 20.3 Å². The van der Waals surface area contributed by atoms with Crippen molar-refractivity contribution < 1.29 is 24.5 Å². The van der Waals surface area contributed by atoms with Crippen LogP contribution >= 0.6 is 0 Å². The van der Waals surface area contributed by atoms with E-state index in [0.29, 0.717) is 19.4 Å². The maximum absolute atomic E-state index is 12.6. The van der Waals surface area contributed by atoms with E-state index >= 15 is 0 Å². The number of amides is 1. The minimum Gasteiger partial charge on any atom is -0.466 e. The number of nitrogens with one attached hydrogen (secondary N) is 1. The maximum atomic E-state index is 12.6. The van der Waals surface area contributed by atoms with Crippen molar-refractivity contribution in [3.63, 3.8) is 0 Å². The highest BCUT2D eigenvalue weighted by Gasteiger charge is 2.18. The first-order valence-corrected chi connectivity index (χ1v) is 44.8. The molecular weight excluding hydrogens is 1190 g/mol. The third-order valence-electron chi connectivity index (χ3n) is 21.1. The molecule has 0 aromatic rings. The van der Waals surface area contributed by atoms with Crippen LogP contribution in [0.5, 0.6) is 0 Å². The van der Waals surface area contributed by atoms with Gasteiger partial charge in [-0.25, -0.2) is 0 Å². The first kappa shape index (κ1) is 95.1. The SMILES string of the molecule is CCCCCCCC/C=C\CCCCCCCCCCCC(=O)OCCCCCCCCCCCCCCCCCCCC/C=C\CCCCCCCCCCCCCCCCCCCC(=O)NC(CO)C(O)/C=C/CCCCCCCCCCCCCCCCCCCCCC. The molecule has 0 aromatic heterocycles. The molecule has 3 N–H and O–H groups in total. The fraction of sp³-hybridized carbons (Fsp3) is 0.912. The van der Waals surface area contributed by atoms with Gasteiger partial charge in [0.2, 0.25) is 5.91 Å². The topological polar surface area (TPSA) is 95.9 Å². The smallest absolute Gasteiger partial charge is 0.305 e. The molecule has 574 valence electrons. The van der Waals surface area contributed by atoms with Crippen molar-refractivity contribution in [3.8, 4) is 0 Å². The fourth-order valence-corrected chi connectivity index (χ4v) is 14.3. The Bertz CT molecular complexity index is 1570. The largest absolute Gasteiger partial charge is 0.466 e. The van der Waals surface area contributed by atoms with Crippen molar-refractivity contribution in [2.45, 2.75) is 520 Å². The molecule has 6 nitrogen and oxygen atoms in total. The molecule has 2 unspecified atom stereocenters. The van der Waals surface area contributed by atoms with Gasteiger partial charge in [-0.05, 0) is 83.5 Å². The van der Waals surface area contributed by atoms with E-state index in [-0.39, 0.29) is 18.5 Å². The zero-order valence-corrected chi connectivity index (χ0v) is 66.1. The van der Waals surface area contributed by atoms with Gasteiger partial charge >= 0.3 is 5.97 Å². The van der Waals surface area contributed by atoms with E-state index in [2.05, 4.69) is 43.5 Å². The Kier molecular flexibility index (Phi) is 84.8. The quantitative estimate of drug-likeness (QED) is 0.0320. The van der Waals surface area contributed by atoms with Crippen LogP contribution in [0.4, 0.5) is 0 Å². The average Bonchev–Trinajstić information content (AvgIpc) is 2.51. The summed E-state index contributed by atoms with van der Waals surface area (Å²) >= 11 is 0. The van der Waals surface area contributed by atoms with Gasteiger partial charge in [-0.2, -0.15) is 0 Å². The molecule has 0 spiro atoms. The van der Waals surface area contributed by atoms with Crippen LogP contribution in [0.3, 0.4) is 0 Å². The summed E-state index contributed by atoms with van der Waals surface area (Å²) in [7, 11) is 0. The number of rotatable bonds is 85. The number of hydrogen-bond donors (Lipinski definition) is 3. The van der Waals surface area contributed by atoms with E-state index in [9.17, 15) is 19.8 Å². The number of ether oxygens (including phenoxy) is 1. The maximum Gasteiger partial charge on any atom is 0.305 e. The molecular formula is C91H175NO5. The first-order chi connectivity index (χ1) is 48.0. The van der Waals surface area contributed by atoms with Crippen LogP contribution in [-0.2, 0) is 14.3 Å². The van der Waals surface area contributed by atoms with E-state index in [1.165, 1.54) is 443 Å². The minimum absolute atomic E-state index is 0.0229. The van der Waals surface area contributed by atoms with Crippen molar-refractivity contribution in [2.75, 3.05) is 13.2 Å². The van der Waals surface area contributed by atoms with E-state index in [0.717, 1.165) is 38.5 Å². The normalized spacial score (nSPS) is 12.6. The molecule has 1 amide bonds. The van der Waals surface area contributed by atoms with Crippen LogP contribution in [-0.4, -0.2) is 47.4 Å². The van der Waals surface area contributed by atoms with Crippen molar-refractivity contribution in [1.29, 1.82) is 0 Å². The van der Waals surface area contributed by atoms with Crippen LogP contribution in [0.15, 0.2) is 36.5 Å².